The minimum Gasteiger partial charge on any atom is -0.481 e. The van der Waals surface area contributed by atoms with Crippen molar-refractivity contribution in [1.82, 2.24) is 10.4 Å². The quantitative estimate of drug-likeness (QED) is 0.644. The Bertz CT molecular complexity index is 606. The lowest BCUT2D eigenvalue weighted by Crippen LogP contribution is -2.19. The molecule has 0 amide bonds. The third kappa shape index (κ3) is 3.00. The molecule has 0 aliphatic rings. The van der Waals surface area contributed by atoms with E-state index in [0.29, 0.717) is 17.3 Å². The minimum absolute atomic E-state index is 0.340. The van der Waals surface area contributed by atoms with Crippen molar-refractivity contribution < 1.29 is 4.74 Å². The second kappa shape index (κ2) is 6.47. The molecular formula is C15H16N4O. The Kier molecular flexibility index (Phi) is 4.44. The number of pyridine rings is 1. The van der Waals surface area contributed by atoms with Crippen molar-refractivity contribution in [2.75, 3.05) is 14.2 Å². The normalized spacial score (nSPS) is 11.0. The molecule has 0 saturated heterocycles. The molecule has 5 heteroatoms. The van der Waals surface area contributed by atoms with Gasteiger partial charge in [0.1, 0.15) is 5.71 Å². The molecule has 0 fully saturated rings. The van der Waals surface area contributed by atoms with E-state index >= 15 is 0 Å². The van der Waals surface area contributed by atoms with Crippen LogP contribution in [0.1, 0.15) is 11.1 Å². The summed E-state index contributed by atoms with van der Waals surface area (Å²) in [6.07, 6.45) is 1.65. The predicted molar refractivity (Wildman–Crippen MR) is 79.7 cm³/mol. The summed E-state index contributed by atoms with van der Waals surface area (Å²) >= 11 is 0. The van der Waals surface area contributed by atoms with Crippen LogP contribution in [0.2, 0.25) is 0 Å². The monoisotopic (exact) mass is 268 g/mol. The van der Waals surface area contributed by atoms with Crippen molar-refractivity contribution in [1.29, 1.82) is 5.41 Å². The lowest BCUT2D eigenvalue weighted by molar-refractivity contribution is 0.398. The molecule has 0 saturated carbocycles. The van der Waals surface area contributed by atoms with Crippen molar-refractivity contribution in [2.24, 2.45) is 5.10 Å². The van der Waals surface area contributed by atoms with Gasteiger partial charge < -0.3 is 10.2 Å². The number of rotatable bonds is 5. The van der Waals surface area contributed by atoms with E-state index in [1.54, 1.807) is 26.4 Å². The van der Waals surface area contributed by atoms with Crippen molar-refractivity contribution >= 4 is 11.4 Å². The molecule has 0 aliphatic carbocycles. The number of hydrogen-bond acceptors (Lipinski definition) is 5. The van der Waals surface area contributed by atoms with Crippen LogP contribution in [0.4, 0.5) is 0 Å². The fraction of sp³-hybridized carbons (Fsp3) is 0.133. The van der Waals surface area contributed by atoms with E-state index in [9.17, 15) is 0 Å². The van der Waals surface area contributed by atoms with Crippen LogP contribution in [-0.4, -0.2) is 30.6 Å². The van der Waals surface area contributed by atoms with Crippen LogP contribution in [-0.2, 0) is 0 Å². The average molecular weight is 268 g/mol. The molecule has 0 aliphatic heterocycles. The van der Waals surface area contributed by atoms with E-state index in [0.717, 1.165) is 11.1 Å². The molecule has 2 aromatic rings. The second-order valence-corrected chi connectivity index (χ2v) is 4.01. The number of hydrazone groups is 1. The fourth-order valence-electron chi connectivity index (χ4n) is 1.76. The van der Waals surface area contributed by atoms with Gasteiger partial charge >= 0.3 is 0 Å². The molecule has 1 aromatic heterocycles. The molecule has 0 radical (unpaired) electrons. The first-order chi connectivity index (χ1) is 9.76. The third-order valence-corrected chi connectivity index (χ3v) is 2.74. The van der Waals surface area contributed by atoms with Crippen molar-refractivity contribution in [3.63, 3.8) is 0 Å². The Morgan fingerprint density at radius 2 is 1.90 bits per heavy atom. The van der Waals surface area contributed by atoms with Crippen molar-refractivity contribution in [3.8, 4) is 5.88 Å². The van der Waals surface area contributed by atoms with Crippen molar-refractivity contribution in [2.45, 2.75) is 0 Å². The van der Waals surface area contributed by atoms with Crippen molar-refractivity contribution in [3.05, 3.63) is 59.8 Å². The average Bonchev–Trinajstić information content (AvgIpc) is 2.53. The summed E-state index contributed by atoms with van der Waals surface area (Å²) in [6.45, 7) is 0. The minimum atomic E-state index is 0.340. The molecular weight excluding hydrogens is 252 g/mol. The van der Waals surface area contributed by atoms with Crippen LogP contribution < -0.4 is 10.2 Å². The zero-order valence-electron chi connectivity index (χ0n) is 11.4. The highest BCUT2D eigenvalue weighted by atomic mass is 16.5. The molecule has 0 spiro atoms. The highest BCUT2D eigenvalue weighted by Gasteiger charge is 2.13. The van der Waals surface area contributed by atoms with Gasteiger partial charge in [-0.2, -0.15) is 5.10 Å². The standard InChI is InChI=1S/C15H16N4O/c1-17-19-15(12-8-9-13(20-2)18-10-12)14(16)11-6-4-3-5-7-11/h3-10,16-17H,1-2H3/b16-14?,19-15-. The van der Waals surface area contributed by atoms with Gasteiger partial charge in [-0.3, -0.25) is 5.41 Å². The van der Waals surface area contributed by atoms with Crippen LogP contribution in [0.3, 0.4) is 0 Å². The Labute approximate surface area is 117 Å². The summed E-state index contributed by atoms with van der Waals surface area (Å²) in [6, 6.07) is 13.0. The van der Waals surface area contributed by atoms with Crippen LogP contribution in [0.5, 0.6) is 5.88 Å². The summed E-state index contributed by atoms with van der Waals surface area (Å²) in [5, 5.41) is 12.5. The number of benzene rings is 1. The summed E-state index contributed by atoms with van der Waals surface area (Å²) < 4.78 is 5.03. The Morgan fingerprint density at radius 1 is 1.15 bits per heavy atom. The lowest BCUT2D eigenvalue weighted by Gasteiger charge is -2.09. The highest BCUT2D eigenvalue weighted by molar-refractivity contribution is 6.52. The van der Waals surface area contributed by atoms with Crippen LogP contribution in [0.15, 0.2) is 53.8 Å². The van der Waals surface area contributed by atoms with Gasteiger partial charge in [0.05, 0.1) is 12.8 Å². The van der Waals surface area contributed by atoms with E-state index < -0.39 is 0 Å². The topological polar surface area (TPSA) is 70.4 Å². The molecule has 102 valence electrons. The number of hydrogen-bond donors (Lipinski definition) is 2. The molecule has 0 unspecified atom stereocenters. The molecule has 20 heavy (non-hydrogen) atoms. The summed E-state index contributed by atoms with van der Waals surface area (Å²) in [7, 11) is 3.27. The Morgan fingerprint density at radius 3 is 2.45 bits per heavy atom. The van der Waals surface area contributed by atoms with Crippen LogP contribution in [0, 0.1) is 5.41 Å². The van der Waals surface area contributed by atoms with Gasteiger partial charge in [0.2, 0.25) is 5.88 Å². The van der Waals surface area contributed by atoms with Gasteiger partial charge in [-0.05, 0) is 6.07 Å². The first-order valence-electron chi connectivity index (χ1n) is 6.15. The van der Waals surface area contributed by atoms with Gasteiger partial charge in [0.25, 0.3) is 0 Å². The number of nitrogens with zero attached hydrogens (tertiary/aromatic N) is 2. The second-order valence-electron chi connectivity index (χ2n) is 4.01. The zero-order valence-corrected chi connectivity index (χ0v) is 11.4. The number of ether oxygens (including phenoxy) is 1. The number of aromatic nitrogens is 1. The molecule has 1 heterocycles. The van der Waals surface area contributed by atoms with E-state index in [2.05, 4.69) is 15.5 Å². The fourth-order valence-corrected chi connectivity index (χ4v) is 1.76. The van der Waals surface area contributed by atoms with Gasteiger partial charge in [-0.15, -0.1) is 0 Å². The molecule has 1 aromatic carbocycles. The first kappa shape index (κ1) is 13.7. The molecule has 0 bridgehead atoms. The Hall–Kier alpha value is -2.69. The smallest absolute Gasteiger partial charge is 0.212 e. The third-order valence-electron chi connectivity index (χ3n) is 2.74. The van der Waals surface area contributed by atoms with Crippen LogP contribution >= 0.6 is 0 Å². The van der Waals surface area contributed by atoms with E-state index in [-0.39, 0.29) is 0 Å². The summed E-state index contributed by atoms with van der Waals surface area (Å²) in [5.41, 5.74) is 5.17. The maximum Gasteiger partial charge on any atom is 0.212 e. The molecule has 5 nitrogen and oxygen atoms in total. The SMILES string of the molecule is CN/N=C(\C(=N)c1ccccc1)c1ccc(OC)nc1. The zero-order chi connectivity index (χ0) is 14.4. The van der Waals surface area contributed by atoms with Gasteiger partial charge in [-0.1, -0.05) is 30.3 Å². The van der Waals surface area contributed by atoms with Gasteiger partial charge in [0, 0.05) is 30.4 Å². The molecule has 2 rings (SSSR count). The first-order valence-corrected chi connectivity index (χ1v) is 6.15. The molecule has 0 atom stereocenters. The maximum atomic E-state index is 8.30. The largest absolute Gasteiger partial charge is 0.481 e. The van der Waals surface area contributed by atoms with E-state index in [4.69, 9.17) is 10.1 Å². The van der Waals surface area contributed by atoms with Crippen LogP contribution in [0.25, 0.3) is 0 Å². The summed E-state index contributed by atoms with van der Waals surface area (Å²) in [4.78, 5) is 4.15. The Balaban J connectivity index is 2.36. The predicted octanol–water partition coefficient (Wildman–Crippen LogP) is 2.08. The van der Waals surface area contributed by atoms with Gasteiger partial charge in [-0.25, -0.2) is 4.98 Å². The highest BCUT2D eigenvalue weighted by Crippen LogP contribution is 2.11. The number of nitrogens with one attached hydrogen (secondary N) is 2. The molecule has 2 N–H and O–H groups in total. The summed E-state index contributed by atoms with van der Waals surface area (Å²) in [5.74, 6) is 0.531. The number of methoxy groups -OCH3 is 1. The maximum absolute atomic E-state index is 8.30. The lowest BCUT2D eigenvalue weighted by atomic mass is 10.0. The van der Waals surface area contributed by atoms with E-state index in [1.165, 1.54) is 0 Å². The van der Waals surface area contributed by atoms with Gasteiger partial charge in [0.15, 0.2) is 0 Å². The van der Waals surface area contributed by atoms with E-state index in [1.807, 2.05) is 36.4 Å².